The minimum atomic E-state index is -0.332. The van der Waals surface area contributed by atoms with Gasteiger partial charge in [0.2, 0.25) is 11.8 Å². The first-order valence-electron chi connectivity index (χ1n) is 5.62. The van der Waals surface area contributed by atoms with Crippen LogP contribution in [-0.4, -0.2) is 34.5 Å². The van der Waals surface area contributed by atoms with Crippen LogP contribution in [0.25, 0.3) is 0 Å². The van der Waals surface area contributed by atoms with E-state index in [2.05, 4.69) is 0 Å². The standard InChI is InChI=1S/C11H17NO3/c1-7-5-10(14)12(11(7)15)6-8-3-2-4-9(8)13/h7-9,13H,2-6H2,1H3. The van der Waals surface area contributed by atoms with Crippen LogP contribution in [0.4, 0.5) is 0 Å². The Labute approximate surface area is 89.3 Å². The maximum absolute atomic E-state index is 11.6. The third kappa shape index (κ3) is 1.91. The molecular formula is C11H17NO3. The molecule has 3 unspecified atom stereocenters. The summed E-state index contributed by atoms with van der Waals surface area (Å²) in [4.78, 5) is 24.5. The van der Waals surface area contributed by atoms with Crippen LogP contribution in [0.15, 0.2) is 0 Å². The molecule has 84 valence electrons. The molecule has 1 saturated heterocycles. The first-order valence-corrected chi connectivity index (χ1v) is 5.62. The molecule has 1 saturated carbocycles. The van der Waals surface area contributed by atoms with Crippen LogP contribution in [0, 0.1) is 11.8 Å². The van der Waals surface area contributed by atoms with Gasteiger partial charge >= 0.3 is 0 Å². The van der Waals surface area contributed by atoms with Crippen LogP contribution >= 0.6 is 0 Å². The molecule has 4 nitrogen and oxygen atoms in total. The van der Waals surface area contributed by atoms with Crippen molar-refractivity contribution >= 4 is 11.8 Å². The molecule has 0 bridgehead atoms. The average Bonchev–Trinajstić information content (AvgIpc) is 2.67. The predicted octanol–water partition coefficient (Wildman–Crippen LogP) is 0.542. The van der Waals surface area contributed by atoms with Crippen molar-refractivity contribution in [1.82, 2.24) is 4.90 Å². The van der Waals surface area contributed by atoms with Crippen molar-refractivity contribution in [3.8, 4) is 0 Å². The van der Waals surface area contributed by atoms with Crippen LogP contribution in [0.5, 0.6) is 0 Å². The van der Waals surface area contributed by atoms with Gasteiger partial charge in [0.05, 0.1) is 6.10 Å². The third-order valence-corrected chi connectivity index (χ3v) is 3.51. The minimum Gasteiger partial charge on any atom is -0.393 e. The fourth-order valence-corrected chi connectivity index (χ4v) is 2.50. The van der Waals surface area contributed by atoms with E-state index < -0.39 is 0 Å². The molecule has 1 heterocycles. The zero-order chi connectivity index (χ0) is 11.0. The number of likely N-dealkylation sites (tertiary alicyclic amines) is 1. The van der Waals surface area contributed by atoms with Crippen LogP contribution in [-0.2, 0) is 9.59 Å². The van der Waals surface area contributed by atoms with Gasteiger partial charge in [-0.1, -0.05) is 13.3 Å². The molecule has 1 aliphatic heterocycles. The van der Waals surface area contributed by atoms with E-state index in [0.717, 1.165) is 19.3 Å². The molecule has 3 atom stereocenters. The van der Waals surface area contributed by atoms with E-state index >= 15 is 0 Å². The molecule has 2 amide bonds. The molecule has 0 aromatic rings. The molecule has 1 aliphatic carbocycles. The SMILES string of the molecule is CC1CC(=O)N(CC2CCCC2O)C1=O. The number of aliphatic hydroxyl groups excluding tert-OH is 1. The monoisotopic (exact) mass is 211 g/mol. The zero-order valence-corrected chi connectivity index (χ0v) is 8.98. The van der Waals surface area contributed by atoms with Crippen LogP contribution in [0.2, 0.25) is 0 Å². The van der Waals surface area contributed by atoms with Crippen LogP contribution in [0.3, 0.4) is 0 Å². The highest BCUT2D eigenvalue weighted by atomic mass is 16.3. The summed E-state index contributed by atoms with van der Waals surface area (Å²) in [6, 6.07) is 0. The van der Waals surface area contributed by atoms with E-state index in [1.807, 2.05) is 0 Å². The molecule has 1 N–H and O–H groups in total. The number of hydrogen-bond donors (Lipinski definition) is 1. The first-order chi connectivity index (χ1) is 7.09. The number of carbonyl (C=O) groups excluding carboxylic acids is 2. The highest BCUT2D eigenvalue weighted by Gasteiger charge is 2.38. The predicted molar refractivity (Wildman–Crippen MR) is 53.8 cm³/mol. The topological polar surface area (TPSA) is 57.6 Å². The summed E-state index contributed by atoms with van der Waals surface area (Å²) in [6.45, 7) is 2.20. The Morgan fingerprint density at radius 2 is 2.13 bits per heavy atom. The Morgan fingerprint density at radius 3 is 2.60 bits per heavy atom. The lowest BCUT2D eigenvalue weighted by atomic mass is 10.1. The van der Waals surface area contributed by atoms with Gasteiger partial charge in [0.25, 0.3) is 0 Å². The van der Waals surface area contributed by atoms with Crippen molar-refractivity contribution in [2.45, 2.75) is 38.7 Å². The van der Waals surface area contributed by atoms with Gasteiger partial charge in [0.15, 0.2) is 0 Å². The van der Waals surface area contributed by atoms with Gasteiger partial charge in [-0.05, 0) is 12.8 Å². The molecule has 2 fully saturated rings. The van der Waals surface area contributed by atoms with Gasteiger partial charge in [-0.25, -0.2) is 0 Å². The largest absolute Gasteiger partial charge is 0.393 e. The van der Waals surface area contributed by atoms with Crippen molar-refractivity contribution in [1.29, 1.82) is 0 Å². The lowest BCUT2D eigenvalue weighted by Crippen LogP contribution is -2.37. The van der Waals surface area contributed by atoms with E-state index in [9.17, 15) is 14.7 Å². The minimum absolute atomic E-state index is 0.0703. The zero-order valence-electron chi connectivity index (χ0n) is 8.98. The Hall–Kier alpha value is -0.900. The Bertz CT molecular complexity index is 290. The maximum Gasteiger partial charge on any atom is 0.232 e. The normalized spacial score (nSPS) is 36.7. The van der Waals surface area contributed by atoms with Crippen molar-refractivity contribution in [2.24, 2.45) is 11.8 Å². The van der Waals surface area contributed by atoms with E-state index in [0.29, 0.717) is 13.0 Å². The second-order valence-electron chi connectivity index (χ2n) is 4.71. The molecule has 0 spiro atoms. The van der Waals surface area contributed by atoms with Crippen molar-refractivity contribution < 1.29 is 14.7 Å². The molecule has 15 heavy (non-hydrogen) atoms. The van der Waals surface area contributed by atoms with E-state index in [4.69, 9.17) is 0 Å². The summed E-state index contributed by atoms with van der Waals surface area (Å²) in [5, 5.41) is 9.64. The molecule has 0 radical (unpaired) electrons. The summed E-state index contributed by atoms with van der Waals surface area (Å²) in [5.74, 6) is -0.218. The maximum atomic E-state index is 11.6. The lowest BCUT2D eigenvalue weighted by molar-refractivity contribution is -0.140. The average molecular weight is 211 g/mol. The fourth-order valence-electron chi connectivity index (χ4n) is 2.50. The highest BCUT2D eigenvalue weighted by molar-refractivity contribution is 6.03. The second-order valence-corrected chi connectivity index (χ2v) is 4.71. The molecule has 2 aliphatic rings. The van der Waals surface area contributed by atoms with Crippen LogP contribution < -0.4 is 0 Å². The summed E-state index contributed by atoms with van der Waals surface area (Å²) < 4.78 is 0. The van der Waals surface area contributed by atoms with Crippen LogP contribution in [0.1, 0.15) is 32.6 Å². The number of nitrogens with zero attached hydrogens (tertiary/aromatic N) is 1. The Kier molecular flexibility index (Phi) is 2.78. The van der Waals surface area contributed by atoms with Gasteiger partial charge in [-0.2, -0.15) is 0 Å². The number of rotatable bonds is 2. The van der Waals surface area contributed by atoms with E-state index in [1.54, 1.807) is 6.92 Å². The molecular weight excluding hydrogens is 194 g/mol. The van der Waals surface area contributed by atoms with Crippen molar-refractivity contribution in [3.63, 3.8) is 0 Å². The van der Waals surface area contributed by atoms with Crippen molar-refractivity contribution in [3.05, 3.63) is 0 Å². The summed E-state index contributed by atoms with van der Waals surface area (Å²) in [5.41, 5.74) is 0. The summed E-state index contributed by atoms with van der Waals surface area (Å²) in [6.07, 6.45) is 2.73. The molecule has 0 aromatic heterocycles. The number of hydrogen-bond acceptors (Lipinski definition) is 3. The second kappa shape index (κ2) is 3.93. The van der Waals surface area contributed by atoms with E-state index in [1.165, 1.54) is 4.90 Å². The molecule has 4 heteroatoms. The quantitative estimate of drug-likeness (QED) is 0.678. The number of carbonyl (C=O) groups is 2. The highest BCUT2D eigenvalue weighted by Crippen LogP contribution is 2.29. The third-order valence-electron chi connectivity index (χ3n) is 3.51. The number of amides is 2. The van der Waals surface area contributed by atoms with E-state index in [-0.39, 0.29) is 29.8 Å². The van der Waals surface area contributed by atoms with Gasteiger partial charge in [0.1, 0.15) is 0 Å². The van der Waals surface area contributed by atoms with Gasteiger partial charge in [-0.15, -0.1) is 0 Å². The Morgan fingerprint density at radius 1 is 1.40 bits per heavy atom. The van der Waals surface area contributed by atoms with Crippen molar-refractivity contribution in [2.75, 3.05) is 6.54 Å². The summed E-state index contributed by atoms with van der Waals surface area (Å²) >= 11 is 0. The number of imide groups is 1. The molecule has 0 aromatic carbocycles. The number of aliphatic hydroxyl groups is 1. The lowest BCUT2D eigenvalue weighted by Gasteiger charge is -2.21. The van der Waals surface area contributed by atoms with Gasteiger partial charge in [0, 0.05) is 24.8 Å². The van der Waals surface area contributed by atoms with Gasteiger partial charge in [-0.3, -0.25) is 14.5 Å². The Balaban J connectivity index is 1.99. The fraction of sp³-hybridized carbons (Fsp3) is 0.818. The first kappa shape index (κ1) is 10.6. The smallest absolute Gasteiger partial charge is 0.232 e. The summed E-state index contributed by atoms with van der Waals surface area (Å²) in [7, 11) is 0. The van der Waals surface area contributed by atoms with Gasteiger partial charge < -0.3 is 5.11 Å². The molecule has 2 rings (SSSR count).